The molecule has 5 aromatic rings. The Kier molecular flexibility index (Phi) is 9.39. The van der Waals surface area contributed by atoms with Gasteiger partial charge in [0.2, 0.25) is 0 Å². The standard InChI is InChI=1S/C37H32ClF5N6O4/c1-19-12-28(47(15-20-4-8-24(52-2)9-5-20)16-21-6-10-25(53-3)11-7-21)44-33(30(19)37(41,42)43)29-27(38)14-26-32(31(29)39)45-35(40)46-34(26)48-17-23-13-22(48)18-49(23)36(50)51/h4-12,14,22-23H,13,15-18H2,1-3H3,(H,50,51). The van der Waals surface area contributed by atoms with E-state index in [4.69, 9.17) is 21.1 Å². The summed E-state index contributed by atoms with van der Waals surface area (Å²) in [5.74, 6) is -0.0103. The summed E-state index contributed by atoms with van der Waals surface area (Å²) < 4.78 is 87.0. The van der Waals surface area contributed by atoms with Crippen molar-refractivity contribution in [3.05, 3.63) is 99.8 Å². The number of anilines is 2. The number of hydrogen-bond acceptors (Lipinski definition) is 8. The molecule has 0 saturated carbocycles. The first-order valence-electron chi connectivity index (χ1n) is 16.5. The molecule has 0 aliphatic carbocycles. The van der Waals surface area contributed by atoms with Gasteiger partial charge in [-0.2, -0.15) is 27.5 Å². The van der Waals surface area contributed by atoms with Gasteiger partial charge in [0.25, 0.3) is 0 Å². The molecule has 276 valence electrons. The first-order chi connectivity index (χ1) is 25.2. The monoisotopic (exact) mass is 754 g/mol. The zero-order valence-electron chi connectivity index (χ0n) is 28.6. The van der Waals surface area contributed by atoms with E-state index in [1.54, 1.807) is 34.1 Å². The maximum atomic E-state index is 16.8. The number of ether oxygens (including phenoxy) is 2. The zero-order chi connectivity index (χ0) is 37.8. The lowest BCUT2D eigenvalue weighted by Crippen LogP contribution is -2.48. The van der Waals surface area contributed by atoms with Gasteiger partial charge in [-0.25, -0.2) is 14.2 Å². The van der Waals surface area contributed by atoms with E-state index in [0.717, 1.165) is 11.1 Å². The van der Waals surface area contributed by atoms with Crippen LogP contribution in [0.3, 0.4) is 0 Å². The minimum Gasteiger partial charge on any atom is -0.497 e. The van der Waals surface area contributed by atoms with E-state index < -0.39 is 57.6 Å². The van der Waals surface area contributed by atoms with E-state index in [2.05, 4.69) is 15.0 Å². The van der Waals surface area contributed by atoms with Crippen molar-refractivity contribution < 1.29 is 41.3 Å². The summed E-state index contributed by atoms with van der Waals surface area (Å²) in [6.07, 6.45) is -6.94. The highest BCUT2D eigenvalue weighted by molar-refractivity contribution is 6.34. The lowest BCUT2D eigenvalue weighted by atomic mass is 9.98. The van der Waals surface area contributed by atoms with Crippen molar-refractivity contribution in [2.45, 2.75) is 44.7 Å². The lowest BCUT2D eigenvalue weighted by Gasteiger charge is -2.33. The predicted molar refractivity (Wildman–Crippen MR) is 188 cm³/mol. The largest absolute Gasteiger partial charge is 0.497 e. The van der Waals surface area contributed by atoms with Crippen LogP contribution in [-0.4, -0.2) is 70.4 Å². The fraction of sp³-hybridized carbons (Fsp3) is 0.297. The van der Waals surface area contributed by atoms with Crippen molar-refractivity contribution in [1.82, 2.24) is 19.9 Å². The molecule has 7 rings (SSSR count). The number of methoxy groups -OCH3 is 2. The molecule has 0 radical (unpaired) electrons. The maximum absolute atomic E-state index is 16.8. The second kappa shape index (κ2) is 13.8. The first-order valence-corrected chi connectivity index (χ1v) is 16.8. The highest BCUT2D eigenvalue weighted by atomic mass is 35.5. The highest BCUT2D eigenvalue weighted by Crippen LogP contribution is 2.46. The summed E-state index contributed by atoms with van der Waals surface area (Å²) in [6, 6.07) is 16.0. The molecule has 53 heavy (non-hydrogen) atoms. The summed E-state index contributed by atoms with van der Waals surface area (Å²) in [5, 5.41) is 9.06. The van der Waals surface area contributed by atoms with Crippen LogP contribution in [0.4, 0.5) is 38.4 Å². The fourth-order valence-corrected chi connectivity index (χ4v) is 7.51. The van der Waals surface area contributed by atoms with Crippen LogP contribution in [0.2, 0.25) is 5.02 Å². The van der Waals surface area contributed by atoms with Crippen molar-refractivity contribution in [3.8, 4) is 22.8 Å². The van der Waals surface area contributed by atoms with Gasteiger partial charge in [0, 0.05) is 31.6 Å². The van der Waals surface area contributed by atoms with Gasteiger partial charge in [0.15, 0.2) is 5.82 Å². The first kappa shape index (κ1) is 35.9. The summed E-state index contributed by atoms with van der Waals surface area (Å²) in [7, 11) is 3.06. The molecule has 1 amide bonds. The number of carbonyl (C=O) groups is 1. The molecular formula is C37H32ClF5N6O4. The number of hydrogen-bond donors (Lipinski definition) is 1. The number of aromatic nitrogens is 3. The van der Waals surface area contributed by atoms with Gasteiger partial charge in [0.05, 0.1) is 48.1 Å². The van der Waals surface area contributed by atoms with Gasteiger partial charge in [-0.15, -0.1) is 0 Å². The third kappa shape index (κ3) is 6.80. The summed E-state index contributed by atoms with van der Waals surface area (Å²) in [6.45, 7) is 1.92. The summed E-state index contributed by atoms with van der Waals surface area (Å²) in [5.41, 5.74) is -1.95. The van der Waals surface area contributed by atoms with E-state index >= 15 is 8.78 Å². The SMILES string of the molecule is COc1ccc(CN(Cc2ccc(OC)cc2)c2cc(C)c(C(F)(F)F)c(-c3c(Cl)cc4c(N5CC6CC5CN6C(=O)O)nc(F)nc4c3F)n2)cc1. The minimum absolute atomic E-state index is 0.0310. The van der Waals surface area contributed by atoms with Gasteiger partial charge >= 0.3 is 18.3 Å². The molecule has 2 aliphatic heterocycles. The number of aryl methyl sites for hydroxylation is 1. The van der Waals surface area contributed by atoms with E-state index in [0.29, 0.717) is 17.9 Å². The van der Waals surface area contributed by atoms with Crippen molar-refractivity contribution in [2.75, 3.05) is 37.1 Å². The van der Waals surface area contributed by atoms with Crippen LogP contribution in [0.1, 0.15) is 28.7 Å². The molecule has 2 aromatic heterocycles. The van der Waals surface area contributed by atoms with E-state index in [9.17, 15) is 23.1 Å². The average Bonchev–Trinajstić information content (AvgIpc) is 3.73. The van der Waals surface area contributed by atoms with Crippen molar-refractivity contribution in [2.24, 2.45) is 0 Å². The Morgan fingerprint density at radius 2 is 1.53 bits per heavy atom. The third-order valence-electron chi connectivity index (χ3n) is 9.71. The Labute approximate surface area is 305 Å². The van der Waals surface area contributed by atoms with Gasteiger partial charge in [-0.05, 0) is 66.4 Å². The topological polar surface area (TPSA) is 104 Å². The molecule has 16 heteroatoms. The Balaban J connectivity index is 1.37. The van der Waals surface area contributed by atoms with Crippen molar-refractivity contribution in [1.29, 1.82) is 0 Å². The molecule has 2 bridgehead atoms. The molecule has 4 heterocycles. The maximum Gasteiger partial charge on any atom is 0.418 e. The molecule has 2 unspecified atom stereocenters. The van der Waals surface area contributed by atoms with Crippen molar-refractivity contribution >= 4 is 40.2 Å². The van der Waals surface area contributed by atoms with E-state index in [1.807, 2.05) is 24.3 Å². The molecule has 3 aromatic carbocycles. The van der Waals surface area contributed by atoms with Crippen LogP contribution in [0, 0.1) is 18.8 Å². The Bertz CT molecular complexity index is 2160. The Hall–Kier alpha value is -5.44. The number of fused-ring (bicyclic) bond motifs is 3. The fourth-order valence-electron chi connectivity index (χ4n) is 7.23. The van der Waals surface area contributed by atoms with Crippen LogP contribution >= 0.6 is 11.6 Å². The molecule has 1 N–H and O–H groups in total. The summed E-state index contributed by atoms with van der Waals surface area (Å²) >= 11 is 6.69. The quantitative estimate of drug-likeness (QED) is 0.118. The number of alkyl halides is 3. The molecule has 0 spiro atoms. The molecule has 2 aliphatic rings. The number of rotatable bonds is 9. The van der Waals surface area contributed by atoms with Crippen LogP contribution in [-0.2, 0) is 19.3 Å². The number of pyridine rings is 1. The molecule has 2 atom stereocenters. The minimum atomic E-state index is -4.99. The average molecular weight is 755 g/mol. The number of halogens is 6. The van der Waals surface area contributed by atoms with Gasteiger partial charge in [-0.1, -0.05) is 35.9 Å². The van der Waals surface area contributed by atoms with Crippen molar-refractivity contribution in [3.63, 3.8) is 0 Å². The number of carboxylic acid groups (broad SMARTS) is 1. The van der Waals surface area contributed by atoms with Crippen LogP contribution in [0.15, 0.2) is 60.7 Å². The van der Waals surface area contributed by atoms with Crippen LogP contribution in [0.5, 0.6) is 11.5 Å². The Morgan fingerprint density at radius 3 is 2.04 bits per heavy atom. The van der Waals surface area contributed by atoms with Crippen LogP contribution in [0.25, 0.3) is 22.2 Å². The second-order valence-electron chi connectivity index (χ2n) is 13.0. The molecular weight excluding hydrogens is 723 g/mol. The lowest BCUT2D eigenvalue weighted by molar-refractivity contribution is -0.137. The summed E-state index contributed by atoms with van der Waals surface area (Å²) in [4.78, 5) is 28.4. The molecule has 2 fully saturated rings. The van der Waals surface area contributed by atoms with Crippen LogP contribution < -0.4 is 19.3 Å². The number of piperazine rings is 1. The second-order valence-corrected chi connectivity index (χ2v) is 13.4. The number of nitrogens with zero attached hydrogens (tertiary/aromatic N) is 6. The van der Waals surface area contributed by atoms with E-state index in [1.165, 1.54) is 38.2 Å². The number of benzene rings is 3. The van der Waals surface area contributed by atoms with Gasteiger partial charge in [0.1, 0.15) is 28.7 Å². The zero-order valence-corrected chi connectivity index (χ0v) is 29.3. The number of amides is 1. The predicted octanol–water partition coefficient (Wildman–Crippen LogP) is 8.12. The highest BCUT2D eigenvalue weighted by Gasteiger charge is 2.47. The molecule has 2 saturated heterocycles. The normalized spacial score (nSPS) is 16.8. The van der Waals surface area contributed by atoms with Gasteiger partial charge in [-0.3, -0.25) is 0 Å². The van der Waals surface area contributed by atoms with Gasteiger partial charge < -0.3 is 29.3 Å². The Morgan fingerprint density at radius 1 is 0.925 bits per heavy atom. The number of likely N-dealkylation sites (tertiary alicyclic amines) is 1. The van der Waals surface area contributed by atoms with E-state index in [-0.39, 0.29) is 54.8 Å². The molecule has 10 nitrogen and oxygen atoms in total. The smallest absolute Gasteiger partial charge is 0.418 e. The third-order valence-corrected chi connectivity index (χ3v) is 10.0.